The lowest BCUT2D eigenvalue weighted by Crippen LogP contribution is -2.54. The van der Waals surface area contributed by atoms with E-state index in [1.807, 2.05) is 32.0 Å². The minimum Gasteiger partial charge on any atom is -0.391 e. The summed E-state index contributed by atoms with van der Waals surface area (Å²) in [5, 5.41) is 2.92. The van der Waals surface area contributed by atoms with Gasteiger partial charge in [-0.3, -0.25) is 4.79 Å². The Morgan fingerprint density at radius 3 is 2.53 bits per heavy atom. The largest absolute Gasteiger partial charge is 0.391 e. The molecular weight excluding hydrogens is 256 g/mol. The van der Waals surface area contributed by atoms with Crippen LogP contribution in [0.25, 0.3) is 0 Å². The predicted octanol–water partition coefficient (Wildman–Crippen LogP) is 2.58. The van der Waals surface area contributed by atoms with E-state index in [0.717, 1.165) is 12.8 Å². The molecule has 0 heterocycles. The van der Waals surface area contributed by atoms with E-state index in [1.54, 1.807) is 0 Å². The van der Waals surface area contributed by atoms with Gasteiger partial charge in [-0.05, 0) is 31.7 Å². The summed E-state index contributed by atoms with van der Waals surface area (Å²) in [6.07, 6.45) is 2.93. The average Bonchev–Trinajstić information content (AvgIpc) is 2.39. The Labute approximate surface area is 120 Å². The third-order valence-electron chi connectivity index (χ3n) is 3.38. The highest BCUT2D eigenvalue weighted by Gasteiger charge is 2.26. The van der Waals surface area contributed by atoms with Crippen molar-refractivity contribution in [2.75, 3.05) is 0 Å². The molecule has 0 saturated heterocycles. The van der Waals surface area contributed by atoms with E-state index < -0.39 is 5.54 Å². The minimum absolute atomic E-state index is 0.00748. The first-order chi connectivity index (χ1) is 8.98. The number of thiocarbonyl (C=S) groups is 1. The molecule has 0 fully saturated rings. The van der Waals surface area contributed by atoms with Gasteiger partial charge in [-0.1, -0.05) is 49.5 Å². The topological polar surface area (TPSA) is 55.1 Å². The summed E-state index contributed by atoms with van der Waals surface area (Å²) in [5.41, 5.74) is 6.35. The smallest absolute Gasteiger partial charge is 0.220 e. The van der Waals surface area contributed by atoms with E-state index >= 15 is 0 Å². The number of nitrogens with one attached hydrogen (secondary N) is 1. The molecule has 104 valence electrons. The van der Waals surface area contributed by atoms with Crippen molar-refractivity contribution in [2.24, 2.45) is 5.73 Å². The highest BCUT2D eigenvalue weighted by molar-refractivity contribution is 7.80. The first kappa shape index (κ1) is 15.6. The Hall–Kier alpha value is -1.42. The van der Waals surface area contributed by atoms with Crippen LogP contribution in [0.15, 0.2) is 30.3 Å². The van der Waals surface area contributed by atoms with Crippen LogP contribution in [0.5, 0.6) is 0 Å². The number of carbonyl (C=O) groups excluding carboxylic acids is 1. The molecule has 19 heavy (non-hydrogen) atoms. The quantitative estimate of drug-likeness (QED) is 0.754. The lowest BCUT2D eigenvalue weighted by molar-refractivity contribution is -0.122. The second-order valence-electron chi connectivity index (χ2n) is 4.94. The fourth-order valence-electron chi connectivity index (χ4n) is 1.79. The van der Waals surface area contributed by atoms with Crippen LogP contribution in [0.3, 0.4) is 0 Å². The number of nitrogens with two attached hydrogens (primary N) is 1. The maximum Gasteiger partial charge on any atom is 0.220 e. The van der Waals surface area contributed by atoms with Crippen LogP contribution in [0.4, 0.5) is 0 Å². The summed E-state index contributed by atoms with van der Waals surface area (Å²) in [6, 6.07) is 10.2. The number of hydrogen-bond donors (Lipinski definition) is 2. The van der Waals surface area contributed by atoms with Crippen molar-refractivity contribution in [3.63, 3.8) is 0 Å². The molecule has 0 radical (unpaired) electrons. The molecular formula is C15H22N2OS. The van der Waals surface area contributed by atoms with E-state index in [2.05, 4.69) is 17.4 Å². The molecule has 4 heteroatoms. The van der Waals surface area contributed by atoms with Gasteiger partial charge in [-0.2, -0.15) is 0 Å². The van der Waals surface area contributed by atoms with Gasteiger partial charge in [0.2, 0.25) is 5.91 Å². The van der Waals surface area contributed by atoms with E-state index in [4.69, 9.17) is 18.0 Å². The van der Waals surface area contributed by atoms with Crippen molar-refractivity contribution < 1.29 is 4.79 Å². The lowest BCUT2D eigenvalue weighted by atomic mass is 9.98. The Morgan fingerprint density at radius 2 is 2.00 bits per heavy atom. The van der Waals surface area contributed by atoms with Gasteiger partial charge < -0.3 is 11.1 Å². The van der Waals surface area contributed by atoms with Crippen LogP contribution in [0.2, 0.25) is 0 Å². The van der Waals surface area contributed by atoms with Gasteiger partial charge in [-0.15, -0.1) is 0 Å². The van der Waals surface area contributed by atoms with E-state index in [1.165, 1.54) is 5.56 Å². The molecule has 1 aromatic carbocycles. The average molecular weight is 278 g/mol. The molecule has 1 amide bonds. The Kier molecular flexibility index (Phi) is 5.96. The molecule has 1 rings (SSSR count). The second-order valence-corrected chi connectivity index (χ2v) is 5.38. The lowest BCUT2D eigenvalue weighted by Gasteiger charge is -2.28. The van der Waals surface area contributed by atoms with Gasteiger partial charge in [0, 0.05) is 6.42 Å². The summed E-state index contributed by atoms with van der Waals surface area (Å²) in [4.78, 5) is 12.2. The molecule has 1 aromatic rings. The third-order valence-corrected chi connectivity index (χ3v) is 3.83. The SMILES string of the molecule is CCC(C)(NC(=O)CCCc1ccccc1)C(N)=S. The van der Waals surface area contributed by atoms with Crippen LogP contribution in [-0.4, -0.2) is 16.4 Å². The van der Waals surface area contributed by atoms with Gasteiger partial charge in [0.25, 0.3) is 0 Å². The zero-order valence-corrected chi connectivity index (χ0v) is 12.4. The number of benzene rings is 1. The number of aryl methyl sites for hydroxylation is 1. The van der Waals surface area contributed by atoms with Gasteiger partial charge in [0.1, 0.15) is 0 Å². The summed E-state index contributed by atoms with van der Waals surface area (Å²) in [7, 11) is 0. The first-order valence-corrected chi connectivity index (χ1v) is 7.03. The van der Waals surface area contributed by atoms with Crippen molar-refractivity contribution in [3.05, 3.63) is 35.9 Å². The summed E-state index contributed by atoms with van der Waals surface area (Å²) in [5.74, 6) is 0.00748. The van der Waals surface area contributed by atoms with Crippen LogP contribution >= 0.6 is 12.2 Å². The molecule has 3 N–H and O–H groups in total. The molecule has 0 bridgehead atoms. The summed E-state index contributed by atoms with van der Waals surface area (Å²) < 4.78 is 0. The Morgan fingerprint density at radius 1 is 1.37 bits per heavy atom. The molecule has 0 spiro atoms. The zero-order chi connectivity index (χ0) is 14.3. The molecule has 0 aliphatic heterocycles. The van der Waals surface area contributed by atoms with Crippen LogP contribution < -0.4 is 11.1 Å². The highest BCUT2D eigenvalue weighted by Crippen LogP contribution is 2.11. The summed E-state index contributed by atoms with van der Waals surface area (Å²) >= 11 is 5.00. The normalized spacial score (nSPS) is 13.6. The van der Waals surface area contributed by atoms with Crippen molar-refractivity contribution >= 4 is 23.1 Å². The van der Waals surface area contributed by atoms with E-state index in [0.29, 0.717) is 17.8 Å². The molecule has 1 atom stereocenters. The second kappa shape index (κ2) is 7.24. The van der Waals surface area contributed by atoms with Crippen molar-refractivity contribution in [2.45, 2.75) is 45.1 Å². The number of carbonyl (C=O) groups is 1. The Balaban J connectivity index is 2.38. The van der Waals surface area contributed by atoms with Crippen LogP contribution in [0.1, 0.15) is 38.7 Å². The van der Waals surface area contributed by atoms with Crippen molar-refractivity contribution in [1.29, 1.82) is 0 Å². The van der Waals surface area contributed by atoms with Crippen LogP contribution in [-0.2, 0) is 11.2 Å². The van der Waals surface area contributed by atoms with Gasteiger partial charge in [-0.25, -0.2) is 0 Å². The molecule has 0 aliphatic carbocycles. The predicted molar refractivity (Wildman–Crippen MR) is 83.0 cm³/mol. The number of amides is 1. The molecule has 0 aromatic heterocycles. The third kappa shape index (κ3) is 4.99. The Bertz CT molecular complexity index is 433. The molecule has 0 aliphatic rings. The maximum atomic E-state index is 11.9. The van der Waals surface area contributed by atoms with Crippen LogP contribution in [0, 0.1) is 0 Å². The summed E-state index contributed by atoms with van der Waals surface area (Å²) in [6.45, 7) is 3.83. The van der Waals surface area contributed by atoms with Gasteiger partial charge in [0.15, 0.2) is 0 Å². The standard InChI is InChI=1S/C15H22N2OS/c1-3-15(2,14(16)19)17-13(18)11-7-10-12-8-5-4-6-9-12/h4-6,8-9H,3,7,10-11H2,1-2H3,(H2,16,19)(H,17,18). The highest BCUT2D eigenvalue weighted by atomic mass is 32.1. The zero-order valence-electron chi connectivity index (χ0n) is 11.6. The maximum absolute atomic E-state index is 11.9. The van der Waals surface area contributed by atoms with Crippen molar-refractivity contribution in [1.82, 2.24) is 5.32 Å². The molecule has 3 nitrogen and oxygen atoms in total. The number of hydrogen-bond acceptors (Lipinski definition) is 2. The monoisotopic (exact) mass is 278 g/mol. The van der Waals surface area contributed by atoms with Crippen molar-refractivity contribution in [3.8, 4) is 0 Å². The molecule has 1 unspecified atom stereocenters. The minimum atomic E-state index is -0.570. The fourth-order valence-corrected chi connectivity index (χ4v) is 1.99. The molecule has 0 saturated carbocycles. The van der Waals surface area contributed by atoms with Gasteiger partial charge >= 0.3 is 0 Å². The first-order valence-electron chi connectivity index (χ1n) is 6.63. The van der Waals surface area contributed by atoms with E-state index in [9.17, 15) is 4.79 Å². The number of rotatable bonds is 7. The van der Waals surface area contributed by atoms with Gasteiger partial charge in [0.05, 0.1) is 10.5 Å². The fraction of sp³-hybridized carbons (Fsp3) is 0.467. The van der Waals surface area contributed by atoms with E-state index in [-0.39, 0.29) is 5.91 Å².